The molecule has 1 saturated heterocycles. The van der Waals surface area contributed by atoms with Crippen molar-refractivity contribution < 1.29 is 32.3 Å². The summed E-state index contributed by atoms with van der Waals surface area (Å²) in [5, 5.41) is 6.71. The molecule has 11 nitrogen and oxygen atoms in total. The van der Waals surface area contributed by atoms with E-state index in [1.165, 1.54) is 38.4 Å². The predicted molar refractivity (Wildman–Crippen MR) is 157 cm³/mol. The second-order valence-electron chi connectivity index (χ2n) is 10.3. The lowest BCUT2D eigenvalue weighted by atomic mass is 10.0. The Hall–Kier alpha value is -5.08. The Morgan fingerprint density at radius 2 is 1.66 bits per heavy atom. The largest absolute Gasteiger partial charge is 0.494 e. The molecular weight excluding hydrogens is 579 g/mol. The molecule has 5 rings (SSSR count). The number of benzene rings is 3. The van der Waals surface area contributed by atoms with Crippen LogP contribution in [-0.2, 0) is 11.3 Å². The molecule has 1 unspecified atom stereocenters. The second-order valence-corrected chi connectivity index (χ2v) is 10.3. The van der Waals surface area contributed by atoms with Crippen LogP contribution in [0.4, 0.5) is 39.8 Å². The van der Waals surface area contributed by atoms with Gasteiger partial charge in [-0.2, -0.15) is 0 Å². The number of hydrazine groups is 1. The SMILES string of the molecule is CNC(=O)Nc1ccc(N2NC3C(=C2CN(C)C)C(=O)N(c2cccc(OC)c2F)C(=O)N3Cc2c(F)cccc2F)cc1. The molecule has 2 aliphatic heterocycles. The van der Waals surface area contributed by atoms with Crippen molar-refractivity contribution in [3.8, 4) is 5.75 Å². The summed E-state index contributed by atoms with van der Waals surface area (Å²) >= 11 is 0. The number of nitrogens with one attached hydrogen (secondary N) is 3. The normalized spacial score (nSPS) is 16.5. The van der Waals surface area contributed by atoms with Gasteiger partial charge in [0.25, 0.3) is 5.91 Å². The average molecular weight is 610 g/mol. The van der Waals surface area contributed by atoms with Crippen LogP contribution < -0.4 is 30.7 Å². The molecule has 2 aliphatic rings. The maximum Gasteiger partial charge on any atom is 0.333 e. The fourth-order valence-corrected chi connectivity index (χ4v) is 5.08. The smallest absolute Gasteiger partial charge is 0.333 e. The highest BCUT2D eigenvalue weighted by Gasteiger charge is 2.50. The summed E-state index contributed by atoms with van der Waals surface area (Å²) < 4.78 is 50.3. The Balaban J connectivity index is 1.66. The van der Waals surface area contributed by atoms with E-state index in [9.17, 15) is 23.2 Å². The minimum atomic E-state index is -1.17. The Bertz CT molecular complexity index is 1630. The molecule has 5 amide bonds. The number of halogens is 3. The lowest BCUT2D eigenvalue weighted by molar-refractivity contribution is -0.116. The van der Waals surface area contributed by atoms with Crippen molar-refractivity contribution >= 4 is 35.0 Å². The van der Waals surface area contributed by atoms with E-state index in [4.69, 9.17) is 4.74 Å². The molecule has 1 fully saturated rings. The first-order valence-electron chi connectivity index (χ1n) is 13.5. The van der Waals surface area contributed by atoms with Crippen LogP contribution in [0.2, 0.25) is 0 Å². The van der Waals surface area contributed by atoms with Gasteiger partial charge in [-0.1, -0.05) is 12.1 Å². The molecule has 0 aromatic heterocycles. The molecule has 0 spiro atoms. The summed E-state index contributed by atoms with van der Waals surface area (Å²) in [5.74, 6) is -3.74. The molecule has 2 heterocycles. The van der Waals surface area contributed by atoms with Crippen molar-refractivity contribution in [1.29, 1.82) is 0 Å². The number of hydrogen-bond donors (Lipinski definition) is 3. The molecule has 0 radical (unpaired) electrons. The topological polar surface area (TPSA) is 109 Å². The van der Waals surface area contributed by atoms with E-state index in [1.807, 2.05) is 0 Å². The van der Waals surface area contributed by atoms with Gasteiger partial charge in [-0.05, 0) is 62.6 Å². The molecule has 14 heteroatoms. The van der Waals surface area contributed by atoms with Crippen LogP contribution in [-0.4, -0.2) is 68.7 Å². The number of anilines is 3. The number of ether oxygens (including phenoxy) is 1. The van der Waals surface area contributed by atoms with Gasteiger partial charge in [0, 0.05) is 24.8 Å². The standard InChI is InChI=1S/C30H30F3N7O4/c1-34-29(42)35-17-11-13-18(14-12-17)40-23(16-37(2)3)25-27(36-40)38(15-19-20(31)7-5-8-21(19)32)30(43)39(28(25)41)22-9-6-10-24(44-4)26(22)33/h5-14,27,36H,15-16H2,1-4H3,(H2,34,35,42). The number of imide groups is 1. The summed E-state index contributed by atoms with van der Waals surface area (Å²) in [5.41, 5.74) is 3.87. The average Bonchev–Trinajstić information content (AvgIpc) is 3.36. The molecule has 3 N–H and O–H groups in total. The number of rotatable bonds is 8. The third kappa shape index (κ3) is 5.52. The monoisotopic (exact) mass is 609 g/mol. The lowest BCUT2D eigenvalue weighted by Gasteiger charge is -2.39. The number of urea groups is 2. The zero-order chi connectivity index (χ0) is 31.7. The number of nitrogens with zero attached hydrogens (tertiary/aromatic N) is 4. The quantitative estimate of drug-likeness (QED) is 0.354. The number of carbonyl (C=O) groups is 3. The van der Waals surface area contributed by atoms with E-state index in [1.54, 1.807) is 48.3 Å². The van der Waals surface area contributed by atoms with Gasteiger partial charge in [0.2, 0.25) is 0 Å². The van der Waals surface area contributed by atoms with Crippen molar-refractivity contribution in [3.05, 3.63) is 94.9 Å². The van der Waals surface area contributed by atoms with Crippen molar-refractivity contribution in [2.45, 2.75) is 12.7 Å². The van der Waals surface area contributed by atoms with Crippen LogP contribution >= 0.6 is 0 Å². The van der Waals surface area contributed by atoms with Crippen molar-refractivity contribution in [2.24, 2.45) is 0 Å². The highest BCUT2D eigenvalue weighted by Crippen LogP contribution is 2.38. The minimum absolute atomic E-state index is 0.0739. The Kier molecular flexibility index (Phi) is 8.47. The molecule has 230 valence electrons. The van der Waals surface area contributed by atoms with E-state index in [-0.39, 0.29) is 23.6 Å². The van der Waals surface area contributed by atoms with Crippen LogP contribution in [0.1, 0.15) is 5.56 Å². The van der Waals surface area contributed by atoms with Crippen LogP contribution in [0.3, 0.4) is 0 Å². The maximum absolute atomic E-state index is 15.5. The van der Waals surface area contributed by atoms with E-state index < -0.39 is 53.7 Å². The van der Waals surface area contributed by atoms with Gasteiger partial charge in [-0.15, -0.1) is 0 Å². The first-order valence-corrected chi connectivity index (χ1v) is 13.5. The van der Waals surface area contributed by atoms with E-state index in [2.05, 4.69) is 16.1 Å². The molecular formula is C30H30F3N7O4. The predicted octanol–water partition coefficient (Wildman–Crippen LogP) is 4.00. The van der Waals surface area contributed by atoms with E-state index in [0.717, 1.165) is 17.0 Å². The van der Waals surface area contributed by atoms with E-state index >= 15 is 4.39 Å². The second kappa shape index (κ2) is 12.3. The van der Waals surface area contributed by atoms with Crippen molar-refractivity contribution in [2.75, 3.05) is 50.0 Å². The first kappa shape index (κ1) is 30.4. The number of fused-ring (bicyclic) bond motifs is 1. The number of methoxy groups -OCH3 is 1. The van der Waals surface area contributed by atoms with Crippen LogP contribution in [0.25, 0.3) is 0 Å². The molecule has 1 atom stereocenters. The summed E-state index contributed by atoms with van der Waals surface area (Å²) in [4.78, 5) is 43.5. The summed E-state index contributed by atoms with van der Waals surface area (Å²) in [6.45, 7) is -0.390. The number of likely N-dealkylation sites (N-methyl/N-ethyl adjacent to an activating group) is 1. The Labute approximate surface area is 251 Å². The van der Waals surface area contributed by atoms with Crippen LogP contribution in [0.5, 0.6) is 5.75 Å². The Morgan fingerprint density at radius 1 is 1.00 bits per heavy atom. The maximum atomic E-state index is 15.5. The zero-order valence-corrected chi connectivity index (χ0v) is 24.3. The van der Waals surface area contributed by atoms with Crippen molar-refractivity contribution in [3.63, 3.8) is 0 Å². The molecule has 3 aromatic rings. The molecule has 0 aliphatic carbocycles. The molecule has 3 aromatic carbocycles. The van der Waals surface area contributed by atoms with E-state index in [0.29, 0.717) is 22.0 Å². The fourth-order valence-electron chi connectivity index (χ4n) is 5.08. The third-order valence-electron chi connectivity index (χ3n) is 7.16. The third-order valence-corrected chi connectivity index (χ3v) is 7.16. The van der Waals surface area contributed by atoms with Crippen LogP contribution in [0, 0.1) is 17.5 Å². The summed E-state index contributed by atoms with van der Waals surface area (Å²) in [6.07, 6.45) is -1.17. The lowest BCUT2D eigenvalue weighted by Crippen LogP contribution is -2.62. The highest BCUT2D eigenvalue weighted by atomic mass is 19.1. The van der Waals surface area contributed by atoms with Crippen molar-refractivity contribution in [1.82, 2.24) is 20.5 Å². The summed E-state index contributed by atoms with van der Waals surface area (Å²) in [6, 6.07) is 12.6. The van der Waals surface area contributed by atoms with Crippen LogP contribution in [0.15, 0.2) is 71.9 Å². The summed E-state index contributed by atoms with van der Waals surface area (Å²) in [7, 11) is 6.29. The van der Waals surface area contributed by atoms with Gasteiger partial charge < -0.3 is 20.3 Å². The molecule has 44 heavy (non-hydrogen) atoms. The molecule has 0 saturated carbocycles. The molecule has 0 bridgehead atoms. The zero-order valence-electron chi connectivity index (χ0n) is 24.3. The van der Waals surface area contributed by atoms with Gasteiger partial charge >= 0.3 is 12.1 Å². The fraction of sp³-hybridized carbons (Fsp3) is 0.233. The van der Waals surface area contributed by atoms with Gasteiger partial charge in [0.05, 0.1) is 36.3 Å². The Morgan fingerprint density at radius 3 is 2.27 bits per heavy atom. The van der Waals surface area contributed by atoms with Gasteiger partial charge in [0.1, 0.15) is 17.8 Å². The van der Waals surface area contributed by atoms with Gasteiger partial charge in [-0.25, -0.2) is 33.1 Å². The minimum Gasteiger partial charge on any atom is -0.494 e. The highest BCUT2D eigenvalue weighted by molar-refractivity contribution is 6.24. The van der Waals surface area contributed by atoms with Gasteiger partial charge in [0.15, 0.2) is 11.6 Å². The first-order chi connectivity index (χ1) is 21.0. The van der Waals surface area contributed by atoms with Gasteiger partial charge in [-0.3, -0.25) is 14.7 Å². The number of carbonyl (C=O) groups excluding carboxylic acids is 3. The number of hydrogen-bond acceptors (Lipinski definition) is 7. The number of amides is 5.